The van der Waals surface area contributed by atoms with E-state index in [0.717, 1.165) is 17.4 Å². The van der Waals surface area contributed by atoms with Gasteiger partial charge in [-0.2, -0.15) is 0 Å². The van der Waals surface area contributed by atoms with Gasteiger partial charge in [0, 0.05) is 17.7 Å². The average Bonchev–Trinajstić information content (AvgIpc) is 2.66. The van der Waals surface area contributed by atoms with Crippen molar-refractivity contribution in [1.29, 1.82) is 0 Å². The minimum Gasteiger partial charge on any atom is -0.491 e. The third-order valence-corrected chi connectivity index (χ3v) is 3.86. The molecule has 2 aromatic carbocycles. The number of nitrogens with zero attached hydrogens (tertiary/aromatic N) is 1. The number of hydrogen-bond donors (Lipinski definition) is 2. The van der Waals surface area contributed by atoms with Crippen molar-refractivity contribution in [2.24, 2.45) is 0 Å². The van der Waals surface area contributed by atoms with Crippen LogP contribution in [0.3, 0.4) is 0 Å². The van der Waals surface area contributed by atoms with Gasteiger partial charge in [0.1, 0.15) is 5.75 Å². The SMILES string of the molecule is CC(C)Oc1ccc(C(C)NC(=O)CNC(=O)c2cccc([N+](=O)[O-])c2)cc1. The molecule has 1 unspecified atom stereocenters. The third kappa shape index (κ3) is 6.08. The summed E-state index contributed by atoms with van der Waals surface area (Å²) in [6, 6.07) is 12.5. The van der Waals surface area contributed by atoms with Gasteiger partial charge >= 0.3 is 0 Å². The standard InChI is InChI=1S/C20H23N3O5/c1-13(2)28-18-9-7-15(8-10-18)14(3)22-19(24)12-21-20(25)16-5-4-6-17(11-16)23(26)27/h4-11,13-14H,12H2,1-3H3,(H,21,25)(H,22,24). The summed E-state index contributed by atoms with van der Waals surface area (Å²) < 4.78 is 5.58. The van der Waals surface area contributed by atoms with E-state index in [1.807, 2.05) is 45.0 Å². The van der Waals surface area contributed by atoms with Gasteiger partial charge in [0.05, 0.1) is 23.6 Å². The molecule has 2 aromatic rings. The van der Waals surface area contributed by atoms with Gasteiger partial charge in [0.15, 0.2) is 0 Å². The van der Waals surface area contributed by atoms with Crippen molar-refractivity contribution >= 4 is 17.5 Å². The highest BCUT2D eigenvalue weighted by molar-refractivity contribution is 5.97. The molecule has 28 heavy (non-hydrogen) atoms. The van der Waals surface area contributed by atoms with Gasteiger partial charge in [0.2, 0.25) is 5.91 Å². The first kappa shape index (κ1) is 20.9. The Labute approximate surface area is 163 Å². The molecule has 0 aliphatic rings. The number of carbonyl (C=O) groups excluding carboxylic acids is 2. The number of nitro groups is 1. The van der Waals surface area contributed by atoms with E-state index in [1.54, 1.807) is 0 Å². The molecular weight excluding hydrogens is 362 g/mol. The summed E-state index contributed by atoms with van der Waals surface area (Å²) in [5.74, 6) is -0.169. The lowest BCUT2D eigenvalue weighted by atomic mass is 10.1. The van der Waals surface area contributed by atoms with Gasteiger partial charge in [-0.3, -0.25) is 19.7 Å². The summed E-state index contributed by atoms with van der Waals surface area (Å²) in [6.45, 7) is 5.48. The fraction of sp³-hybridized carbons (Fsp3) is 0.300. The molecule has 1 atom stereocenters. The quantitative estimate of drug-likeness (QED) is 0.536. The number of ether oxygens (including phenoxy) is 1. The van der Waals surface area contributed by atoms with Gasteiger partial charge in [-0.1, -0.05) is 18.2 Å². The Kier molecular flexibility index (Phi) is 7.08. The van der Waals surface area contributed by atoms with Crippen LogP contribution in [0.1, 0.15) is 42.7 Å². The maximum atomic E-state index is 12.1. The van der Waals surface area contributed by atoms with Crippen molar-refractivity contribution in [1.82, 2.24) is 10.6 Å². The molecule has 0 radical (unpaired) electrons. The number of hydrogen-bond acceptors (Lipinski definition) is 5. The molecule has 0 saturated carbocycles. The minimum absolute atomic E-state index is 0.0811. The molecular formula is C20H23N3O5. The number of nitro benzene ring substituents is 1. The van der Waals surface area contributed by atoms with Crippen molar-refractivity contribution in [2.75, 3.05) is 6.54 Å². The summed E-state index contributed by atoms with van der Waals surface area (Å²) >= 11 is 0. The molecule has 8 heteroatoms. The number of nitrogens with one attached hydrogen (secondary N) is 2. The number of carbonyl (C=O) groups is 2. The highest BCUT2D eigenvalue weighted by Gasteiger charge is 2.14. The van der Waals surface area contributed by atoms with Crippen LogP contribution in [0.15, 0.2) is 48.5 Å². The van der Waals surface area contributed by atoms with E-state index in [4.69, 9.17) is 4.74 Å². The molecule has 8 nitrogen and oxygen atoms in total. The Morgan fingerprint density at radius 1 is 1.11 bits per heavy atom. The van der Waals surface area contributed by atoms with Crippen LogP contribution < -0.4 is 15.4 Å². The van der Waals surface area contributed by atoms with E-state index < -0.39 is 10.8 Å². The zero-order valence-corrected chi connectivity index (χ0v) is 16.0. The zero-order chi connectivity index (χ0) is 20.7. The second-order valence-corrected chi connectivity index (χ2v) is 6.51. The maximum absolute atomic E-state index is 12.1. The molecule has 2 N–H and O–H groups in total. The van der Waals surface area contributed by atoms with Gasteiger partial charge in [-0.25, -0.2) is 0 Å². The fourth-order valence-electron chi connectivity index (χ4n) is 2.51. The van der Waals surface area contributed by atoms with Crippen LogP contribution in [0.2, 0.25) is 0 Å². The largest absolute Gasteiger partial charge is 0.491 e. The van der Waals surface area contributed by atoms with Gasteiger partial charge in [0.25, 0.3) is 11.6 Å². The van der Waals surface area contributed by atoms with Crippen molar-refractivity contribution in [3.63, 3.8) is 0 Å². The zero-order valence-electron chi connectivity index (χ0n) is 16.0. The first-order valence-corrected chi connectivity index (χ1v) is 8.85. The first-order valence-electron chi connectivity index (χ1n) is 8.85. The van der Waals surface area contributed by atoms with Crippen LogP contribution in [0.5, 0.6) is 5.75 Å². The van der Waals surface area contributed by atoms with E-state index in [1.165, 1.54) is 18.2 Å². The number of rotatable bonds is 8. The van der Waals surface area contributed by atoms with Crippen LogP contribution in [0.25, 0.3) is 0 Å². The van der Waals surface area contributed by atoms with E-state index >= 15 is 0 Å². The lowest BCUT2D eigenvalue weighted by Crippen LogP contribution is -2.38. The number of amides is 2. The molecule has 0 bridgehead atoms. The van der Waals surface area contributed by atoms with Crippen LogP contribution in [0, 0.1) is 10.1 Å². The van der Waals surface area contributed by atoms with Crippen molar-refractivity contribution in [2.45, 2.75) is 32.9 Å². The molecule has 148 valence electrons. The highest BCUT2D eigenvalue weighted by Crippen LogP contribution is 2.18. The third-order valence-electron chi connectivity index (χ3n) is 3.86. The summed E-state index contributed by atoms with van der Waals surface area (Å²) in [5, 5.41) is 16.0. The molecule has 0 aliphatic carbocycles. The second kappa shape index (κ2) is 9.50. The predicted molar refractivity (Wildman–Crippen MR) is 104 cm³/mol. The Bertz CT molecular complexity index is 849. The van der Waals surface area contributed by atoms with E-state index in [-0.39, 0.29) is 35.8 Å². The number of benzene rings is 2. The van der Waals surface area contributed by atoms with Crippen molar-refractivity contribution in [3.05, 3.63) is 69.8 Å². The Hall–Kier alpha value is -3.42. The minimum atomic E-state index is -0.581. The van der Waals surface area contributed by atoms with Crippen LogP contribution in [-0.2, 0) is 4.79 Å². The molecule has 0 aromatic heterocycles. The Morgan fingerprint density at radius 3 is 2.39 bits per heavy atom. The summed E-state index contributed by atoms with van der Waals surface area (Å²) in [6.07, 6.45) is 0.0811. The predicted octanol–water partition coefficient (Wildman–Crippen LogP) is 2.99. The van der Waals surface area contributed by atoms with E-state index in [9.17, 15) is 19.7 Å². The van der Waals surface area contributed by atoms with Gasteiger partial charge < -0.3 is 15.4 Å². The smallest absolute Gasteiger partial charge is 0.270 e. The van der Waals surface area contributed by atoms with Crippen molar-refractivity contribution in [3.8, 4) is 5.75 Å². The van der Waals surface area contributed by atoms with E-state index in [0.29, 0.717) is 0 Å². The van der Waals surface area contributed by atoms with Crippen LogP contribution in [0.4, 0.5) is 5.69 Å². The molecule has 0 saturated heterocycles. The molecule has 0 fully saturated rings. The maximum Gasteiger partial charge on any atom is 0.270 e. The normalized spacial score (nSPS) is 11.6. The monoisotopic (exact) mass is 385 g/mol. The highest BCUT2D eigenvalue weighted by atomic mass is 16.6. The van der Waals surface area contributed by atoms with Gasteiger partial charge in [-0.05, 0) is 44.5 Å². The molecule has 2 amide bonds. The van der Waals surface area contributed by atoms with Crippen LogP contribution in [-0.4, -0.2) is 29.4 Å². The summed E-state index contributed by atoms with van der Waals surface area (Å²) in [7, 11) is 0. The number of non-ortho nitro benzene ring substituents is 1. The molecule has 0 aliphatic heterocycles. The second-order valence-electron chi connectivity index (χ2n) is 6.51. The fourth-order valence-corrected chi connectivity index (χ4v) is 2.51. The molecule has 0 heterocycles. The van der Waals surface area contributed by atoms with Crippen molar-refractivity contribution < 1.29 is 19.2 Å². The Morgan fingerprint density at radius 2 is 1.79 bits per heavy atom. The lowest BCUT2D eigenvalue weighted by Gasteiger charge is -2.16. The molecule has 0 spiro atoms. The van der Waals surface area contributed by atoms with Crippen LogP contribution >= 0.6 is 0 Å². The van der Waals surface area contributed by atoms with E-state index in [2.05, 4.69) is 10.6 Å². The molecule has 2 rings (SSSR count). The lowest BCUT2D eigenvalue weighted by molar-refractivity contribution is -0.384. The first-order chi connectivity index (χ1) is 13.3. The summed E-state index contributed by atoms with van der Waals surface area (Å²) in [5.41, 5.74) is 0.834. The van der Waals surface area contributed by atoms with Gasteiger partial charge in [-0.15, -0.1) is 0 Å². The average molecular weight is 385 g/mol. The Balaban J connectivity index is 1.87. The topological polar surface area (TPSA) is 111 Å². The summed E-state index contributed by atoms with van der Waals surface area (Å²) in [4.78, 5) is 34.4.